The molecule has 0 saturated carbocycles. The molecule has 2 aromatic rings. The van der Waals surface area contributed by atoms with Crippen LogP contribution in [0.15, 0.2) is 18.2 Å². The van der Waals surface area contributed by atoms with Gasteiger partial charge in [0.2, 0.25) is 5.82 Å². The number of nitrogens with one attached hydrogen (secondary N) is 1. The van der Waals surface area contributed by atoms with Crippen molar-refractivity contribution in [3.05, 3.63) is 39.9 Å². The molecule has 1 saturated heterocycles. The Morgan fingerprint density at radius 2 is 2.00 bits per heavy atom. The van der Waals surface area contributed by atoms with Gasteiger partial charge >= 0.3 is 0 Å². The number of hydrogen-bond donors (Lipinski definition) is 1. The van der Waals surface area contributed by atoms with E-state index in [0.29, 0.717) is 28.1 Å². The molecule has 1 aromatic heterocycles. The molecule has 1 aliphatic rings. The van der Waals surface area contributed by atoms with Crippen LogP contribution < -0.4 is 5.32 Å². The highest BCUT2D eigenvalue weighted by molar-refractivity contribution is 6.37. The molecule has 1 aromatic carbocycles. The predicted molar refractivity (Wildman–Crippen MR) is 96.7 cm³/mol. The first-order chi connectivity index (χ1) is 11.0. The first-order valence-electron chi connectivity index (χ1n) is 7.38. The fourth-order valence-corrected chi connectivity index (χ4v) is 3.21. The number of hydrogen-bond acceptors (Lipinski definition) is 4. The number of aryl methyl sites for hydroxylation is 1. The smallest absolute Gasteiger partial charge is 0.293 e. The zero-order chi connectivity index (χ0) is 16.6. The molecule has 0 spiro atoms. The molecule has 1 N–H and O–H groups in total. The van der Waals surface area contributed by atoms with Crippen LogP contribution in [0, 0.1) is 6.92 Å². The van der Waals surface area contributed by atoms with Gasteiger partial charge in [-0.1, -0.05) is 29.3 Å². The molecule has 1 fully saturated rings. The molecule has 2 heterocycles. The zero-order valence-electron chi connectivity index (χ0n) is 13.3. The van der Waals surface area contributed by atoms with E-state index in [9.17, 15) is 4.79 Å². The molecule has 1 aliphatic heterocycles. The quantitative estimate of drug-likeness (QED) is 0.856. The minimum atomic E-state index is -0.177. The van der Waals surface area contributed by atoms with E-state index in [1.165, 1.54) is 4.68 Å². The van der Waals surface area contributed by atoms with Crippen molar-refractivity contribution in [2.75, 3.05) is 19.6 Å². The van der Waals surface area contributed by atoms with Crippen LogP contribution in [0.25, 0.3) is 5.69 Å². The Hall–Kier alpha value is -1.34. The highest BCUT2D eigenvalue weighted by Crippen LogP contribution is 2.28. The van der Waals surface area contributed by atoms with Crippen LogP contribution in [0.1, 0.15) is 23.4 Å². The number of carbonyl (C=O) groups excluding carboxylic acids is 1. The second-order valence-electron chi connectivity index (χ2n) is 5.52. The SMILES string of the molecule is Cc1nc(C(=O)N2CCNC[C@H]2C)nn1-c1c(Cl)cccc1Cl.Cl. The molecule has 0 bridgehead atoms. The summed E-state index contributed by atoms with van der Waals surface area (Å²) in [5.41, 5.74) is 0.535. The average molecular weight is 391 g/mol. The molecule has 1 amide bonds. The summed E-state index contributed by atoms with van der Waals surface area (Å²) in [6.45, 7) is 5.94. The third-order valence-electron chi connectivity index (χ3n) is 3.87. The van der Waals surface area contributed by atoms with E-state index in [1.807, 2.05) is 6.92 Å². The fourth-order valence-electron chi connectivity index (χ4n) is 2.66. The van der Waals surface area contributed by atoms with Crippen molar-refractivity contribution in [2.24, 2.45) is 0 Å². The van der Waals surface area contributed by atoms with Gasteiger partial charge in [-0.2, -0.15) is 0 Å². The van der Waals surface area contributed by atoms with Gasteiger partial charge in [-0.25, -0.2) is 9.67 Å². The van der Waals surface area contributed by atoms with E-state index < -0.39 is 0 Å². The van der Waals surface area contributed by atoms with Gasteiger partial charge in [0.1, 0.15) is 11.5 Å². The molecule has 0 unspecified atom stereocenters. The van der Waals surface area contributed by atoms with Gasteiger partial charge in [0.15, 0.2) is 0 Å². The summed E-state index contributed by atoms with van der Waals surface area (Å²) < 4.78 is 1.52. The van der Waals surface area contributed by atoms with E-state index in [-0.39, 0.29) is 30.2 Å². The van der Waals surface area contributed by atoms with Crippen LogP contribution in [-0.2, 0) is 0 Å². The van der Waals surface area contributed by atoms with Crippen LogP contribution in [0.4, 0.5) is 0 Å². The fraction of sp³-hybridized carbons (Fsp3) is 0.400. The number of halogens is 3. The van der Waals surface area contributed by atoms with Crippen molar-refractivity contribution in [2.45, 2.75) is 19.9 Å². The summed E-state index contributed by atoms with van der Waals surface area (Å²) in [6, 6.07) is 5.31. The van der Waals surface area contributed by atoms with Crippen LogP contribution in [0.3, 0.4) is 0 Å². The van der Waals surface area contributed by atoms with E-state index in [2.05, 4.69) is 15.4 Å². The number of nitrogens with zero attached hydrogens (tertiary/aromatic N) is 4. The Morgan fingerprint density at radius 3 is 2.62 bits per heavy atom. The Morgan fingerprint density at radius 1 is 1.33 bits per heavy atom. The predicted octanol–water partition coefficient (Wildman–Crippen LogP) is 2.74. The maximum atomic E-state index is 12.7. The zero-order valence-corrected chi connectivity index (χ0v) is 15.6. The lowest BCUT2D eigenvalue weighted by Gasteiger charge is -2.33. The van der Waals surface area contributed by atoms with Crippen molar-refractivity contribution in [3.63, 3.8) is 0 Å². The molecule has 0 radical (unpaired) electrons. The standard InChI is InChI=1S/C15H17Cl2N5O.ClH/c1-9-8-18-6-7-21(9)15(23)14-19-10(2)22(20-14)13-11(16)4-3-5-12(13)17;/h3-5,9,18H,6-8H2,1-2H3;1H/t9-;/m1./s1. The summed E-state index contributed by atoms with van der Waals surface area (Å²) in [5, 5.41) is 8.51. The number of piperazine rings is 1. The summed E-state index contributed by atoms with van der Waals surface area (Å²) in [4.78, 5) is 18.8. The normalized spacial score (nSPS) is 17.5. The number of benzene rings is 1. The van der Waals surface area contributed by atoms with Gasteiger partial charge in [-0.05, 0) is 26.0 Å². The Bertz CT molecular complexity index is 728. The first kappa shape index (κ1) is 19.0. The van der Waals surface area contributed by atoms with E-state index in [4.69, 9.17) is 23.2 Å². The third-order valence-corrected chi connectivity index (χ3v) is 4.48. The molecule has 130 valence electrons. The van der Waals surface area contributed by atoms with Crippen molar-refractivity contribution in [1.29, 1.82) is 0 Å². The highest BCUT2D eigenvalue weighted by atomic mass is 35.5. The number of para-hydroxylation sites is 1. The number of carbonyl (C=O) groups is 1. The molecular formula is C15H18Cl3N5O. The molecule has 24 heavy (non-hydrogen) atoms. The summed E-state index contributed by atoms with van der Waals surface area (Å²) >= 11 is 12.4. The molecule has 0 aliphatic carbocycles. The second kappa shape index (κ2) is 7.70. The highest BCUT2D eigenvalue weighted by Gasteiger charge is 2.28. The van der Waals surface area contributed by atoms with E-state index in [1.54, 1.807) is 30.0 Å². The van der Waals surface area contributed by atoms with Crippen molar-refractivity contribution >= 4 is 41.5 Å². The monoisotopic (exact) mass is 389 g/mol. The minimum absolute atomic E-state index is 0. The molecule has 9 heteroatoms. The third kappa shape index (κ3) is 3.52. The van der Waals surface area contributed by atoms with Gasteiger partial charge in [-0.15, -0.1) is 17.5 Å². The number of rotatable bonds is 2. The molecule has 6 nitrogen and oxygen atoms in total. The maximum absolute atomic E-state index is 12.7. The number of amides is 1. The lowest BCUT2D eigenvalue weighted by Crippen LogP contribution is -2.52. The maximum Gasteiger partial charge on any atom is 0.293 e. The first-order valence-corrected chi connectivity index (χ1v) is 8.14. The average Bonchev–Trinajstić information content (AvgIpc) is 2.89. The topological polar surface area (TPSA) is 63.1 Å². The Balaban J connectivity index is 0.00000208. The van der Waals surface area contributed by atoms with Crippen LogP contribution >= 0.6 is 35.6 Å². The van der Waals surface area contributed by atoms with Gasteiger partial charge in [0.25, 0.3) is 5.91 Å². The minimum Gasteiger partial charge on any atom is -0.331 e. The molecular weight excluding hydrogens is 373 g/mol. The van der Waals surface area contributed by atoms with Crippen LogP contribution in [0.2, 0.25) is 10.0 Å². The summed E-state index contributed by atoms with van der Waals surface area (Å²) in [5.74, 6) is 0.544. The Labute approximate surface area is 156 Å². The second-order valence-corrected chi connectivity index (χ2v) is 6.33. The number of aromatic nitrogens is 3. The van der Waals surface area contributed by atoms with E-state index in [0.717, 1.165) is 13.1 Å². The lowest BCUT2D eigenvalue weighted by atomic mass is 10.2. The summed E-state index contributed by atoms with van der Waals surface area (Å²) in [6.07, 6.45) is 0. The van der Waals surface area contributed by atoms with Gasteiger partial charge in [0, 0.05) is 25.7 Å². The molecule has 1 atom stereocenters. The van der Waals surface area contributed by atoms with Gasteiger partial charge in [-0.3, -0.25) is 4.79 Å². The summed E-state index contributed by atoms with van der Waals surface area (Å²) in [7, 11) is 0. The van der Waals surface area contributed by atoms with Crippen LogP contribution in [-0.4, -0.2) is 51.2 Å². The van der Waals surface area contributed by atoms with Crippen molar-refractivity contribution in [3.8, 4) is 5.69 Å². The van der Waals surface area contributed by atoms with Crippen LogP contribution in [0.5, 0.6) is 0 Å². The van der Waals surface area contributed by atoms with E-state index >= 15 is 0 Å². The lowest BCUT2D eigenvalue weighted by molar-refractivity contribution is 0.0643. The largest absolute Gasteiger partial charge is 0.331 e. The Kier molecular flexibility index (Phi) is 6.09. The van der Waals surface area contributed by atoms with Crippen molar-refractivity contribution in [1.82, 2.24) is 25.0 Å². The van der Waals surface area contributed by atoms with Crippen molar-refractivity contribution < 1.29 is 4.79 Å². The van der Waals surface area contributed by atoms with Gasteiger partial charge < -0.3 is 10.2 Å². The van der Waals surface area contributed by atoms with Gasteiger partial charge in [0.05, 0.1) is 10.0 Å². The molecule has 3 rings (SSSR count).